The van der Waals surface area contributed by atoms with Gasteiger partial charge in [0.25, 0.3) is 0 Å². The van der Waals surface area contributed by atoms with Crippen molar-refractivity contribution >= 4 is 33.3 Å². The van der Waals surface area contributed by atoms with E-state index in [0.29, 0.717) is 5.82 Å². The van der Waals surface area contributed by atoms with E-state index in [-0.39, 0.29) is 0 Å². The van der Waals surface area contributed by atoms with Crippen LogP contribution in [-0.4, -0.2) is 4.98 Å². The van der Waals surface area contributed by atoms with Gasteiger partial charge in [0, 0.05) is 4.47 Å². The van der Waals surface area contributed by atoms with Gasteiger partial charge >= 0.3 is 0 Å². The summed E-state index contributed by atoms with van der Waals surface area (Å²) in [5.41, 5.74) is 4.69. The molecule has 2 rings (SSSR count). The molecule has 5 heteroatoms. The van der Waals surface area contributed by atoms with E-state index in [1.807, 2.05) is 37.3 Å². The highest BCUT2D eigenvalue weighted by atomic mass is 79.9. The van der Waals surface area contributed by atoms with Crippen LogP contribution in [0, 0.1) is 6.92 Å². The van der Waals surface area contributed by atoms with Gasteiger partial charge in [0.2, 0.25) is 0 Å². The lowest BCUT2D eigenvalue weighted by Gasteiger charge is -2.09. The van der Waals surface area contributed by atoms with Crippen molar-refractivity contribution in [3.63, 3.8) is 0 Å². The Bertz CT molecular complexity index is 528. The summed E-state index contributed by atoms with van der Waals surface area (Å²) in [5, 5.41) is 3.22. The molecule has 0 aliphatic rings. The minimum absolute atomic E-state index is 0.623. The SMILES string of the molecule is Cc1ccc(Nc2cccc(NN)n2)c(Br)c1. The number of rotatable bonds is 3. The highest BCUT2D eigenvalue weighted by molar-refractivity contribution is 9.10. The molecule has 17 heavy (non-hydrogen) atoms. The smallest absolute Gasteiger partial charge is 0.142 e. The number of nitrogens with two attached hydrogens (primary N) is 1. The minimum atomic E-state index is 0.623. The quantitative estimate of drug-likeness (QED) is 0.601. The molecule has 1 aromatic carbocycles. The zero-order valence-electron chi connectivity index (χ0n) is 9.37. The molecule has 1 aromatic heterocycles. The molecule has 0 fully saturated rings. The molecule has 0 spiro atoms. The van der Waals surface area contributed by atoms with Crippen molar-refractivity contribution in [3.8, 4) is 0 Å². The molecule has 0 saturated heterocycles. The van der Waals surface area contributed by atoms with Crippen LogP contribution < -0.4 is 16.6 Å². The number of anilines is 3. The maximum atomic E-state index is 5.31. The monoisotopic (exact) mass is 292 g/mol. The van der Waals surface area contributed by atoms with Gasteiger partial charge in [-0.1, -0.05) is 12.1 Å². The Balaban J connectivity index is 2.25. The number of nitrogens with one attached hydrogen (secondary N) is 2. The lowest BCUT2D eigenvalue weighted by molar-refractivity contribution is 1.22. The van der Waals surface area contributed by atoms with E-state index in [0.717, 1.165) is 16.0 Å². The predicted molar refractivity (Wildman–Crippen MR) is 74.2 cm³/mol. The molecule has 4 nitrogen and oxygen atoms in total. The number of halogens is 1. The number of nitrogens with zero attached hydrogens (tertiary/aromatic N) is 1. The molecule has 4 N–H and O–H groups in total. The number of pyridine rings is 1. The first kappa shape index (κ1) is 11.9. The highest BCUT2D eigenvalue weighted by Crippen LogP contribution is 2.26. The summed E-state index contributed by atoms with van der Waals surface area (Å²) < 4.78 is 1.01. The summed E-state index contributed by atoms with van der Waals surface area (Å²) in [6.45, 7) is 2.05. The first-order chi connectivity index (χ1) is 8.19. The third-order valence-electron chi connectivity index (χ3n) is 2.28. The standard InChI is InChI=1S/C12H13BrN4/c1-8-5-6-10(9(13)7-8)15-11-3-2-4-12(16-11)17-14/h2-7H,14H2,1H3,(H2,15,16,17). The fraction of sp³-hybridized carbons (Fsp3) is 0.0833. The van der Waals surface area contributed by atoms with Crippen molar-refractivity contribution < 1.29 is 0 Å². The first-order valence-electron chi connectivity index (χ1n) is 5.16. The van der Waals surface area contributed by atoms with Crippen LogP contribution in [0.15, 0.2) is 40.9 Å². The van der Waals surface area contributed by atoms with Gasteiger partial charge in [0.1, 0.15) is 11.6 Å². The normalized spacial score (nSPS) is 10.1. The van der Waals surface area contributed by atoms with Crippen LogP contribution in [0.2, 0.25) is 0 Å². The van der Waals surface area contributed by atoms with Gasteiger partial charge in [-0.3, -0.25) is 0 Å². The lowest BCUT2D eigenvalue weighted by Crippen LogP contribution is -2.09. The van der Waals surface area contributed by atoms with Crippen LogP contribution in [0.4, 0.5) is 17.3 Å². The maximum Gasteiger partial charge on any atom is 0.142 e. The van der Waals surface area contributed by atoms with Crippen molar-refractivity contribution in [1.82, 2.24) is 4.98 Å². The van der Waals surface area contributed by atoms with E-state index < -0.39 is 0 Å². The molecule has 0 radical (unpaired) electrons. The van der Waals surface area contributed by atoms with Crippen LogP contribution in [0.25, 0.3) is 0 Å². The number of nitrogen functional groups attached to an aromatic ring is 1. The van der Waals surface area contributed by atoms with E-state index in [1.54, 1.807) is 6.07 Å². The number of benzene rings is 1. The number of hydrogen-bond acceptors (Lipinski definition) is 4. The number of hydrazine groups is 1. The third kappa shape index (κ3) is 2.95. The second kappa shape index (κ2) is 5.16. The van der Waals surface area contributed by atoms with Gasteiger partial charge in [-0.2, -0.15) is 0 Å². The van der Waals surface area contributed by atoms with Crippen LogP contribution >= 0.6 is 15.9 Å². The van der Waals surface area contributed by atoms with Gasteiger partial charge in [0.15, 0.2) is 0 Å². The first-order valence-corrected chi connectivity index (χ1v) is 5.95. The average molecular weight is 293 g/mol. The highest BCUT2D eigenvalue weighted by Gasteiger charge is 2.01. The topological polar surface area (TPSA) is 63.0 Å². The summed E-state index contributed by atoms with van der Waals surface area (Å²) in [4.78, 5) is 4.28. The van der Waals surface area contributed by atoms with Crippen molar-refractivity contribution in [2.75, 3.05) is 10.7 Å². The molecule has 0 atom stereocenters. The van der Waals surface area contributed by atoms with E-state index in [4.69, 9.17) is 5.84 Å². The molecular weight excluding hydrogens is 280 g/mol. The molecule has 0 aliphatic carbocycles. The Labute approximate surface area is 108 Å². The molecule has 88 valence electrons. The summed E-state index contributed by atoms with van der Waals surface area (Å²) >= 11 is 3.51. The molecule has 0 bridgehead atoms. The zero-order chi connectivity index (χ0) is 12.3. The summed E-state index contributed by atoms with van der Waals surface area (Å²) in [5.74, 6) is 6.68. The molecule has 0 saturated carbocycles. The van der Waals surface area contributed by atoms with Crippen molar-refractivity contribution in [1.29, 1.82) is 0 Å². The third-order valence-corrected chi connectivity index (χ3v) is 2.94. The molecular formula is C12H13BrN4. The Hall–Kier alpha value is -1.59. The zero-order valence-corrected chi connectivity index (χ0v) is 11.0. The predicted octanol–water partition coefficient (Wildman–Crippen LogP) is 3.18. The summed E-state index contributed by atoms with van der Waals surface area (Å²) in [6.07, 6.45) is 0. The number of aromatic nitrogens is 1. The number of hydrogen-bond donors (Lipinski definition) is 3. The Kier molecular flexibility index (Phi) is 3.61. The van der Waals surface area contributed by atoms with Gasteiger partial charge in [-0.15, -0.1) is 0 Å². The largest absolute Gasteiger partial charge is 0.339 e. The summed E-state index contributed by atoms with van der Waals surface area (Å²) in [6, 6.07) is 11.7. The van der Waals surface area contributed by atoms with Crippen LogP contribution in [-0.2, 0) is 0 Å². The lowest BCUT2D eigenvalue weighted by atomic mass is 10.2. The Morgan fingerprint density at radius 1 is 1.18 bits per heavy atom. The summed E-state index contributed by atoms with van der Waals surface area (Å²) in [7, 11) is 0. The van der Waals surface area contributed by atoms with Crippen LogP contribution in [0.5, 0.6) is 0 Å². The average Bonchev–Trinajstić information content (AvgIpc) is 2.33. The molecule has 1 heterocycles. The number of aryl methyl sites for hydroxylation is 1. The van der Waals surface area contributed by atoms with Gasteiger partial charge < -0.3 is 10.7 Å². The Morgan fingerprint density at radius 3 is 2.65 bits per heavy atom. The van der Waals surface area contributed by atoms with Gasteiger partial charge in [-0.05, 0) is 52.7 Å². The second-order valence-electron chi connectivity index (χ2n) is 3.66. The van der Waals surface area contributed by atoms with Crippen molar-refractivity contribution in [2.24, 2.45) is 5.84 Å². The molecule has 2 aromatic rings. The fourth-order valence-corrected chi connectivity index (χ4v) is 2.04. The van der Waals surface area contributed by atoms with Crippen molar-refractivity contribution in [2.45, 2.75) is 6.92 Å². The Morgan fingerprint density at radius 2 is 1.94 bits per heavy atom. The van der Waals surface area contributed by atoms with E-state index in [9.17, 15) is 0 Å². The second-order valence-corrected chi connectivity index (χ2v) is 4.52. The van der Waals surface area contributed by atoms with Gasteiger partial charge in [-0.25, -0.2) is 10.8 Å². The minimum Gasteiger partial charge on any atom is -0.339 e. The van der Waals surface area contributed by atoms with E-state index in [2.05, 4.69) is 31.7 Å². The van der Waals surface area contributed by atoms with E-state index in [1.165, 1.54) is 5.56 Å². The molecule has 0 aliphatic heterocycles. The van der Waals surface area contributed by atoms with E-state index >= 15 is 0 Å². The van der Waals surface area contributed by atoms with Crippen molar-refractivity contribution in [3.05, 3.63) is 46.4 Å². The molecule has 0 unspecified atom stereocenters. The molecule has 0 amide bonds. The van der Waals surface area contributed by atoms with Gasteiger partial charge in [0.05, 0.1) is 5.69 Å². The van der Waals surface area contributed by atoms with Crippen LogP contribution in [0.1, 0.15) is 5.56 Å². The maximum absolute atomic E-state index is 5.31. The van der Waals surface area contributed by atoms with Crippen LogP contribution in [0.3, 0.4) is 0 Å². The fourth-order valence-electron chi connectivity index (χ4n) is 1.44.